The highest BCUT2D eigenvalue weighted by molar-refractivity contribution is 7.89. The van der Waals surface area contributed by atoms with E-state index in [1.54, 1.807) is 0 Å². The van der Waals surface area contributed by atoms with Crippen LogP contribution in [0.25, 0.3) is 0 Å². The Morgan fingerprint density at radius 3 is 2.17 bits per heavy atom. The maximum atomic E-state index is 13.6. The van der Waals surface area contributed by atoms with Crippen LogP contribution in [-0.2, 0) is 21.0 Å². The molecule has 2 fully saturated rings. The van der Waals surface area contributed by atoms with Gasteiger partial charge in [0, 0.05) is 25.2 Å². The molecule has 0 radical (unpaired) electrons. The summed E-state index contributed by atoms with van der Waals surface area (Å²) >= 11 is 0. The van der Waals surface area contributed by atoms with Crippen molar-refractivity contribution in [3.05, 3.63) is 29.8 Å². The molecule has 6 nitrogen and oxygen atoms in total. The van der Waals surface area contributed by atoms with Crippen molar-refractivity contribution in [2.75, 3.05) is 13.1 Å². The molecule has 1 aliphatic carbocycles. The van der Waals surface area contributed by atoms with Gasteiger partial charge in [0.15, 0.2) is 0 Å². The van der Waals surface area contributed by atoms with Crippen LogP contribution in [0.1, 0.15) is 72.3 Å². The molecule has 0 spiro atoms. The van der Waals surface area contributed by atoms with Crippen LogP contribution in [0.3, 0.4) is 0 Å². The summed E-state index contributed by atoms with van der Waals surface area (Å²) in [5.41, 5.74) is 5.41. The van der Waals surface area contributed by atoms with E-state index >= 15 is 0 Å². The number of hydrogen-bond acceptors (Lipinski definition) is 4. The topological polar surface area (TPSA) is 83.7 Å². The summed E-state index contributed by atoms with van der Waals surface area (Å²) in [6.07, 6.45) is -0.810. The van der Waals surface area contributed by atoms with Gasteiger partial charge in [-0.05, 0) is 73.6 Å². The Morgan fingerprint density at radius 2 is 1.67 bits per heavy atom. The van der Waals surface area contributed by atoms with Crippen LogP contribution in [0.2, 0.25) is 0 Å². The summed E-state index contributed by atoms with van der Waals surface area (Å²) in [5.74, 6) is -0.00309. The fourth-order valence-electron chi connectivity index (χ4n) is 5.94. The fourth-order valence-corrected chi connectivity index (χ4v) is 7.47. The predicted molar refractivity (Wildman–Crippen MR) is 133 cm³/mol. The van der Waals surface area contributed by atoms with Crippen LogP contribution in [0.15, 0.2) is 29.2 Å². The van der Waals surface area contributed by atoms with E-state index in [1.807, 2.05) is 39.5 Å². The number of nitrogens with zero attached hydrogens (tertiary/aromatic N) is 2. The summed E-state index contributed by atoms with van der Waals surface area (Å²) in [5, 5.41) is 0. The number of amides is 1. The molecule has 3 rings (SSSR count). The summed E-state index contributed by atoms with van der Waals surface area (Å²) in [6, 6.07) is 2.94. The SMILES string of the molecule is CCC(CC)N(C(=O)[C@@H](N)CC(C)(C)C)[C@H]1CC[C@@H]2CN(S(=O)(=O)c3ccc(C(F)(F)F)cc3)C[C@@H]21. The Kier molecular flexibility index (Phi) is 8.52. The van der Waals surface area contributed by atoms with Crippen molar-refractivity contribution < 1.29 is 26.4 Å². The first kappa shape index (κ1) is 28.9. The molecule has 1 amide bonds. The molecule has 4 atom stereocenters. The van der Waals surface area contributed by atoms with E-state index in [2.05, 4.69) is 0 Å². The van der Waals surface area contributed by atoms with Gasteiger partial charge in [0.1, 0.15) is 0 Å². The minimum Gasteiger partial charge on any atom is -0.335 e. The van der Waals surface area contributed by atoms with Crippen LogP contribution in [0, 0.1) is 17.3 Å². The Hall–Kier alpha value is -1.65. The highest BCUT2D eigenvalue weighted by Crippen LogP contribution is 2.44. The molecule has 1 saturated carbocycles. The molecular weight excluding hydrogens is 491 g/mol. The highest BCUT2D eigenvalue weighted by atomic mass is 32.2. The Morgan fingerprint density at radius 1 is 1.08 bits per heavy atom. The minimum atomic E-state index is -4.53. The van der Waals surface area contributed by atoms with Crippen LogP contribution in [0.5, 0.6) is 0 Å². The summed E-state index contributed by atoms with van der Waals surface area (Å²) in [4.78, 5) is 15.5. The van der Waals surface area contributed by atoms with Gasteiger partial charge in [-0.1, -0.05) is 34.6 Å². The second-order valence-electron chi connectivity index (χ2n) is 11.5. The van der Waals surface area contributed by atoms with Gasteiger partial charge < -0.3 is 10.6 Å². The second kappa shape index (κ2) is 10.6. The molecule has 0 bridgehead atoms. The number of fused-ring (bicyclic) bond motifs is 1. The molecule has 0 unspecified atom stereocenters. The number of rotatable bonds is 8. The lowest BCUT2D eigenvalue weighted by atomic mass is 9.87. The average molecular weight is 532 g/mol. The van der Waals surface area contributed by atoms with Crippen molar-refractivity contribution in [1.29, 1.82) is 0 Å². The number of carbonyl (C=O) groups excluding carboxylic acids is 1. The predicted octanol–water partition coefficient (Wildman–Crippen LogP) is 4.89. The molecule has 0 aromatic heterocycles. The summed E-state index contributed by atoms with van der Waals surface area (Å²) < 4.78 is 66.7. The zero-order valence-corrected chi connectivity index (χ0v) is 22.7. The number of carbonyl (C=O) groups is 1. The lowest BCUT2D eigenvalue weighted by molar-refractivity contribution is -0.140. The third kappa shape index (κ3) is 6.07. The summed E-state index contributed by atoms with van der Waals surface area (Å²) in [7, 11) is -3.95. The Balaban J connectivity index is 1.83. The first-order valence-corrected chi connectivity index (χ1v) is 14.3. The van der Waals surface area contributed by atoms with Crippen LogP contribution >= 0.6 is 0 Å². The van der Waals surface area contributed by atoms with Crippen molar-refractivity contribution >= 4 is 15.9 Å². The zero-order valence-electron chi connectivity index (χ0n) is 21.9. The van der Waals surface area contributed by atoms with Crippen molar-refractivity contribution in [1.82, 2.24) is 9.21 Å². The van der Waals surface area contributed by atoms with E-state index in [9.17, 15) is 26.4 Å². The largest absolute Gasteiger partial charge is 0.416 e. The van der Waals surface area contributed by atoms with E-state index in [4.69, 9.17) is 5.73 Å². The molecule has 36 heavy (non-hydrogen) atoms. The number of sulfonamides is 1. The minimum absolute atomic E-state index is 0.0211. The molecule has 2 aliphatic rings. The number of alkyl halides is 3. The molecule has 1 saturated heterocycles. The normalized spacial score (nSPS) is 24.2. The number of hydrogen-bond donors (Lipinski definition) is 1. The van der Waals surface area contributed by atoms with Gasteiger partial charge >= 0.3 is 6.18 Å². The van der Waals surface area contributed by atoms with E-state index in [0.29, 0.717) is 13.0 Å². The monoisotopic (exact) mass is 531 g/mol. The van der Waals surface area contributed by atoms with E-state index in [0.717, 1.165) is 49.9 Å². The van der Waals surface area contributed by atoms with Gasteiger partial charge in [-0.3, -0.25) is 4.79 Å². The molecule has 1 aliphatic heterocycles. The van der Waals surface area contributed by atoms with E-state index in [-0.39, 0.29) is 46.7 Å². The molecule has 204 valence electrons. The molecule has 1 aromatic carbocycles. The maximum Gasteiger partial charge on any atom is 0.416 e. The lowest BCUT2D eigenvalue weighted by Gasteiger charge is -2.41. The average Bonchev–Trinajstić information content (AvgIpc) is 3.37. The van der Waals surface area contributed by atoms with Gasteiger partial charge in [0.05, 0.1) is 16.5 Å². The third-order valence-corrected chi connectivity index (χ3v) is 9.55. The van der Waals surface area contributed by atoms with Crippen LogP contribution in [-0.4, -0.2) is 54.7 Å². The Bertz CT molecular complexity index is 1020. The summed E-state index contributed by atoms with van der Waals surface area (Å²) in [6.45, 7) is 10.8. The van der Waals surface area contributed by atoms with Crippen molar-refractivity contribution in [2.45, 2.75) is 95.9 Å². The number of nitrogens with two attached hydrogens (primary N) is 1. The van der Waals surface area contributed by atoms with Crippen molar-refractivity contribution in [3.63, 3.8) is 0 Å². The third-order valence-electron chi connectivity index (χ3n) is 7.70. The first-order chi connectivity index (χ1) is 16.6. The van der Waals surface area contributed by atoms with E-state index < -0.39 is 27.8 Å². The van der Waals surface area contributed by atoms with E-state index in [1.165, 1.54) is 4.31 Å². The van der Waals surface area contributed by atoms with Crippen molar-refractivity contribution in [3.8, 4) is 0 Å². The first-order valence-electron chi connectivity index (χ1n) is 12.8. The van der Waals surface area contributed by atoms with Gasteiger partial charge in [0.25, 0.3) is 0 Å². The second-order valence-corrected chi connectivity index (χ2v) is 13.4. The number of benzene rings is 1. The van der Waals surface area contributed by atoms with Gasteiger partial charge in [-0.25, -0.2) is 8.42 Å². The Labute approximate surface area is 213 Å². The zero-order chi connectivity index (χ0) is 27.1. The van der Waals surface area contributed by atoms with Crippen LogP contribution < -0.4 is 5.73 Å². The highest BCUT2D eigenvalue weighted by Gasteiger charge is 2.50. The molecule has 1 aromatic rings. The van der Waals surface area contributed by atoms with Gasteiger partial charge in [0.2, 0.25) is 15.9 Å². The van der Waals surface area contributed by atoms with Crippen LogP contribution in [0.4, 0.5) is 13.2 Å². The standard InChI is InChI=1S/C26H40F3N3O3S/c1-6-19(7-2)32(24(33)22(30)14-25(3,4)5)23-13-8-17-15-31(16-21(17)23)36(34,35)20-11-9-18(10-12-20)26(27,28)29/h9-12,17,19,21-23H,6-8,13-16,30H2,1-5H3/t17-,21+,22+,23+/m1/s1. The van der Waals surface area contributed by atoms with Gasteiger partial charge in [-0.15, -0.1) is 0 Å². The molecule has 10 heteroatoms. The fraction of sp³-hybridized carbons (Fsp3) is 0.731. The van der Waals surface area contributed by atoms with Crippen molar-refractivity contribution in [2.24, 2.45) is 23.0 Å². The maximum absolute atomic E-state index is 13.6. The smallest absolute Gasteiger partial charge is 0.335 e. The molecule has 1 heterocycles. The van der Waals surface area contributed by atoms with Gasteiger partial charge in [-0.2, -0.15) is 17.5 Å². The lowest BCUT2D eigenvalue weighted by Crippen LogP contribution is -2.55. The molecular formula is C26H40F3N3O3S. The number of halogens is 3. The molecule has 2 N–H and O–H groups in total. The quantitative estimate of drug-likeness (QED) is 0.518.